The van der Waals surface area contributed by atoms with E-state index in [-0.39, 0.29) is 11.2 Å². The summed E-state index contributed by atoms with van der Waals surface area (Å²) in [5.74, 6) is -0.947. The second-order valence-electron chi connectivity index (χ2n) is 2.07. The molecule has 0 saturated heterocycles. The zero-order valence-corrected chi connectivity index (χ0v) is 6.73. The molecule has 0 amide bonds. The van der Waals surface area contributed by atoms with E-state index in [2.05, 4.69) is 0 Å². The van der Waals surface area contributed by atoms with Crippen molar-refractivity contribution in [1.82, 2.24) is 0 Å². The molecule has 2 atom stereocenters. The van der Waals surface area contributed by atoms with Gasteiger partial charge in [-0.15, -0.1) is 0 Å². The van der Waals surface area contributed by atoms with Crippen molar-refractivity contribution in [2.75, 3.05) is 6.26 Å². The highest BCUT2D eigenvalue weighted by atomic mass is 32.2. The molecule has 0 saturated carbocycles. The third kappa shape index (κ3) is 2.75. The minimum absolute atomic E-state index is 0.211. The number of aliphatic carboxylic acids is 1. The maximum atomic E-state index is 10.3. The third-order valence-corrected chi connectivity index (χ3v) is 2.62. The van der Waals surface area contributed by atoms with Crippen molar-refractivity contribution in [2.45, 2.75) is 19.1 Å². The second kappa shape index (κ2) is 3.77. The fourth-order valence-corrected chi connectivity index (χ4v) is 0.930. The van der Waals surface area contributed by atoms with Gasteiger partial charge in [-0.25, -0.2) is 0 Å². The molecule has 0 radical (unpaired) electrons. The summed E-state index contributed by atoms with van der Waals surface area (Å²) in [6.45, 7) is 3.65. The van der Waals surface area contributed by atoms with E-state index < -0.39 is 5.97 Å². The highest BCUT2D eigenvalue weighted by molar-refractivity contribution is 7.99. The normalized spacial score (nSPS) is 16.8. The number of rotatable bonds is 3. The molecule has 0 bridgehead atoms. The smallest absolute Gasteiger partial charge is 0.307 e. The van der Waals surface area contributed by atoms with Gasteiger partial charge in [-0.2, -0.15) is 11.8 Å². The first-order valence-corrected chi connectivity index (χ1v) is 4.14. The molecule has 54 valence electrons. The lowest BCUT2D eigenvalue weighted by Crippen LogP contribution is -2.19. The summed E-state index contributed by atoms with van der Waals surface area (Å²) in [6.07, 6.45) is 1.92. The summed E-state index contributed by atoms with van der Waals surface area (Å²) >= 11 is 1.58. The molecule has 0 aliphatic carbocycles. The first-order valence-electron chi connectivity index (χ1n) is 2.85. The summed E-state index contributed by atoms with van der Waals surface area (Å²) < 4.78 is 0. The topological polar surface area (TPSA) is 37.3 Å². The van der Waals surface area contributed by atoms with Crippen molar-refractivity contribution in [1.29, 1.82) is 0 Å². The fourth-order valence-electron chi connectivity index (χ4n) is 0.405. The van der Waals surface area contributed by atoms with Crippen molar-refractivity contribution in [3.05, 3.63) is 0 Å². The average Bonchev–Trinajstić information content (AvgIpc) is 1.84. The fraction of sp³-hybridized carbons (Fsp3) is 0.833. The minimum atomic E-state index is -0.711. The van der Waals surface area contributed by atoms with Crippen molar-refractivity contribution in [3.63, 3.8) is 0 Å². The van der Waals surface area contributed by atoms with Gasteiger partial charge in [0, 0.05) is 5.25 Å². The zero-order valence-electron chi connectivity index (χ0n) is 5.92. The van der Waals surface area contributed by atoms with Crippen LogP contribution in [0.25, 0.3) is 0 Å². The van der Waals surface area contributed by atoms with Crippen molar-refractivity contribution in [3.8, 4) is 0 Å². The van der Waals surface area contributed by atoms with E-state index in [1.54, 1.807) is 18.7 Å². The Hall–Kier alpha value is -0.180. The van der Waals surface area contributed by atoms with Crippen LogP contribution in [0.2, 0.25) is 0 Å². The van der Waals surface area contributed by atoms with Gasteiger partial charge in [0.25, 0.3) is 0 Å². The standard InChI is InChI=1S/C6H12O2S/c1-4(6(7)8)5(2)9-3/h4-5H,1-3H3,(H,7,8). The van der Waals surface area contributed by atoms with Gasteiger partial charge in [0.1, 0.15) is 0 Å². The lowest BCUT2D eigenvalue weighted by Gasteiger charge is -2.11. The Kier molecular flexibility index (Phi) is 3.70. The average molecular weight is 148 g/mol. The summed E-state index contributed by atoms with van der Waals surface area (Å²) in [7, 11) is 0. The van der Waals surface area contributed by atoms with Gasteiger partial charge in [-0.3, -0.25) is 4.79 Å². The molecule has 9 heavy (non-hydrogen) atoms. The van der Waals surface area contributed by atoms with Crippen molar-refractivity contribution >= 4 is 17.7 Å². The molecule has 0 aromatic heterocycles. The van der Waals surface area contributed by atoms with Crippen LogP contribution >= 0.6 is 11.8 Å². The SMILES string of the molecule is CSC(C)C(C)C(=O)O. The number of carboxylic acid groups (broad SMARTS) is 1. The first kappa shape index (κ1) is 8.82. The molecule has 0 aliphatic heterocycles. The monoisotopic (exact) mass is 148 g/mol. The van der Waals surface area contributed by atoms with E-state index in [9.17, 15) is 4.79 Å². The molecule has 2 nitrogen and oxygen atoms in total. The van der Waals surface area contributed by atoms with Gasteiger partial charge in [0.15, 0.2) is 0 Å². The Morgan fingerprint density at radius 1 is 1.56 bits per heavy atom. The predicted molar refractivity (Wildman–Crippen MR) is 39.8 cm³/mol. The largest absolute Gasteiger partial charge is 0.481 e. The van der Waals surface area contributed by atoms with Crippen LogP contribution in [0.5, 0.6) is 0 Å². The molecule has 0 fully saturated rings. The van der Waals surface area contributed by atoms with Crippen LogP contribution < -0.4 is 0 Å². The Morgan fingerprint density at radius 3 is 2.11 bits per heavy atom. The molecule has 1 N–H and O–H groups in total. The molecule has 0 spiro atoms. The molecule has 0 heterocycles. The summed E-state index contributed by atoms with van der Waals surface area (Å²) in [5, 5.41) is 8.68. The summed E-state index contributed by atoms with van der Waals surface area (Å²) in [5.41, 5.74) is 0. The highest BCUT2D eigenvalue weighted by Gasteiger charge is 2.17. The first-order chi connectivity index (χ1) is 4.09. The van der Waals surface area contributed by atoms with Crippen LogP contribution in [-0.4, -0.2) is 22.6 Å². The highest BCUT2D eigenvalue weighted by Crippen LogP contribution is 2.15. The minimum Gasteiger partial charge on any atom is -0.481 e. The number of hydrogen-bond acceptors (Lipinski definition) is 2. The Labute approximate surface area is 59.6 Å². The molecule has 3 heteroatoms. The van der Waals surface area contributed by atoms with E-state index in [0.717, 1.165) is 0 Å². The van der Waals surface area contributed by atoms with Crippen LogP contribution in [0.1, 0.15) is 13.8 Å². The molecular weight excluding hydrogens is 136 g/mol. The number of carboxylic acids is 1. The van der Waals surface area contributed by atoms with E-state index in [0.29, 0.717) is 0 Å². The van der Waals surface area contributed by atoms with Gasteiger partial charge in [-0.1, -0.05) is 13.8 Å². The van der Waals surface area contributed by atoms with E-state index in [4.69, 9.17) is 5.11 Å². The number of carbonyl (C=O) groups is 1. The van der Waals surface area contributed by atoms with Gasteiger partial charge < -0.3 is 5.11 Å². The van der Waals surface area contributed by atoms with Crippen LogP contribution in [0.3, 0.4) is 0 Å². The molecular formula is C6H12O2S. The number of hydrogen-bond donors (Lipinski definition) is 1. The third-order valence-electron chi connectivity index (χ3n) is 1.47. The van der Waals surface area contributed by atoms with Gasteiger partial charge >= 0.3 is 5.97 Å². The molecule has 0 aromatic rings. The second-order valence-corrected chi connectivity index (χ2v) is 3.28. The van der Waals surface area contributed by atoms with Crippen LogP contribution in [0.15, 0.2) is 0 Å². The predicted octanol–water partition coefficient (Wildman–Crippen LogP) is 1.46. The van der Waals surface area contributed by atoms with Crippen LogP contribution in [0, 0.1) is 5.92 Å². The van der Waals surface area contributed by atoms with Crippen molar-refractivity contribution in [2.24, 2.45) is 5.92 Å². The summed E-state index contributed by atoms with van der Waals surface area (Å²) in [4.78, 5) is 10.3. The van der Waals surface area contributed by atoms with E-state index in [1.807, 2.05) is 13.2 Å². The Bertz CT molecular complexity index is 103. The maximum Gasteiger partial charge on any atom is 0.307 e. The molecule has 0 aromatic carbocycles. The number of thioether (sulfide) groups is 1. The van der Waals surface area contributed by atoms with Crippen molar-refractivity contribution < 1.29 is 9.90 Å². The maximum absolute atomic E-state index is 10.3. The quantitative estimate of drug-likeness (QED) is 0.658. The Morgan fingerprint density at radius 2 is 2.00 bits per heavy atom. The van der Waals surface area contributed by atoms with E-state index >= 15 is 0 Å². The summed E-state index contributed by atoms with van der Waals surface area (Å²) in [6, 6.07) is 0. The molecule has 2 unspecified atom stereocenters. The molecule has 0 aliphatic rings. The zero-order chi connectivity index (χ0) is 7.44. The lowest BCUT2D eigenvalue weighted by atomic mass is 10.1. The lowest BCUT2D eigenvalue weighted by molar-refractivity contribution is -0.140. The van der Waals surface area contributed by atoms with Crippen LogP contribution in [-0.2, 0) is 4.79 Å². The van der Waals surface area contributed by atoms with E-state index in [1.165, 1.54) is 0 Å². The van der Waals surface area contributed by atoms with Crippen LogP contribution in [0.4, 0.5) is 0 Å². The van der Waals surface area contributed by atoms with Gasteiger partial charge in [0.2, 0.25) is 0 Å². The van der Waals surface area contributed by atoms with Gasteiger partial charge in [0.05, 0.1) is 5.92 Å². The van der Waals surface area contributed by atoms with Gasteiger partial charge in [-0.05, 0) is 6.26 Å². The molecule has 0 rings (SSSR count). The Balaban J connectivity index is 3.72.